The molecule has 0 aliphatic rings. The zero-order valence-corrected chi connectivity index (χ0v) is 13.2. The minimum Gasteiger partial charge on any atom is -0.495 e. The Balaban J connectivity index is 2.48. The van der Waals surface area contributed by atoms with Crippen LogP contribution in [0.3, 0.4) is 0 Å². The predicted octanol–water partition coefficient (Wildman–Crippen LogP) is 1.87. The second kappa shape index (κ2) is 5.33. The fourth-order valence-electron chi connectivity index (χ4n) is 1.69. The number of hydrogen-bond donors (Lipinski definition) is 3. The standard InChI is InChI=1S/C11H13BrN4O3S/c1-6-3-7(12)4-8(19-2)10(6)16-20(17,18)9-5-14-15-11(9)13/h3-5,16H,1-2H3,(H3,13,14,15). The molecule has 0 spiro atoms. The van der Waals surface area contributed by atoms with Gasteiger partial charge >= 0.3 is 0 Å². The number of rotatable bonds is 4. The molecule has 0 fully saturated rings. The van der Waals surface area contributed by atoms with E-state index >= 15 is 0 Å². The van der Waals surface area contributed by atoms with Crippen LogP contribution in [0.25, 0.3) is 0 Å². The number of benzene rings is 1. The fourth-order valence-corrected chi connectivity index (χ4v) is 3.41. The molecular weight excluding hydrogens is 348 g/mol. The lowest BCUT2D eigenvalue weighted by Crippen LogP contribution is -2.15. The van der Waals surface area contributed by atoms with Crippen molar-refractivity contribution in [1.82, 2.24) is 10.2 Å². The second-order valence-corrected chi connectivity index (χ2v) is 6.62. The van der Waals surface area contributed by atoms with Crippen molar-refractivity contribution in [2.75, 3.05) is 17.6 Å². The molecule has 0 unspecified atom stereocenters. The second-order valence-electron chi connectivity index (χ2n) is 4.05. The van der Waals surface area contributed by atoms with Gasteiger partial charge < -0.3 is 10.5 Å². The normalized spacial score (nSPS) is 11.3. The number of nitrogens with one attached hydrogen (secondary N) is 2. The first-order chi connectivity index (χ1) is 9.35. The van der Waals surface area contributed by atoms with E-state index in [2.05, 4.69) is 30.8 Å². The zero-order chi connectivity index (χ0) is 14.9. The van der Waals surface area contributed by atoms with Gasteiger partial charge in [-0.1, -0.05) is 15.9 Å². The van der Waals surface area contributed by atoms with E-state index in [1.54, 1.807) is 19.1 Å². The number of anilines is 2. The molecule has 1 aromatic heterocycles. The Kier molecular flexibility index (Phi) is 3.91. The molecule has 0 saturated heterocycles. The lowest BCUT2D eigenvalue weighted by molar-refractivity contribution is 0.416. The monoisotopic (exact) mass is 360 g/mol. The van der Waals surface area contributed by atoms with Crippen LogP contribution in [0.2, 0.25) is 0 Å². The number of nitrogens with zero attached hydrogens (tertiary/aromatic N) is 1. The summed E-state index contributed by atoms with van der Waals surface area (Å²) in [5, 5.41) is 5.98. The molecule has 20 heavy (non-hydrogen) atoms. The highest BCUT2D eigenvalue weighted by Gasteiger charge is 2.22. The van der Waals surface area contributed by atoms with Crippen LogP contribution >= 0.6 is 15.9 Å². The van der Waals surface area contributed by atoms with E-state index in [1.807, 2.05) is 0 Å². The Morgan fingerprint density at radius 1 is 1.45 bits per heavy atom. The van der Waals surface area contributed by atoms with Gasteiger partial charge in [-0.15, -0.1) is 0 Å². The van der Waals surface area contributed by atoms with Gasteiger partial charge in [0.15, 0.2) is 0 Å². The van der Waals surface area contributed by atoms with Gasteiger partial charge in [-0.3, -0.25) is 9.82 Å². The predicted molar refractivity (Wildman–Crippen MR) is 79.2 cm³/mol. The highest BCUT2D eigenvalue weighted by molar-refractivity contribution is 9.10. The van der Waals surface area contributed by atoms with E-state index in [0.717, 1.165) is 10.7 Å². The van der Waals surface area contributed by atoms with Gasteiger partial charge in [0, 0.05) is 4.47 Å². The van der Waals surface area contributed by atoms with Crippen LogP contribution in [0.15, 0.2) is 27.7 Å². The summed E-state index contributed by atoms with van der Waals surface area (Å²) >= 11 is 3.33. The van der Waals surface area contributed by atoms with Gasteiger partial charge in [0.25, 0.3) is 10.0 Å². The minimum absolute atomic E-state index is 0.0220. The van der Waals surface area contributed by atoms with Crippen LogP contribution in [-0.2, 0) is 10.0 Å². The highest BCUT2D eigenvalue weighted by Crippen LogP contribution is 2.34. The van der Waals surface area contributed by atoms with Crippen molar-refractivity contribution in [1.29, 1.82) is 0 Å². The molecule has 0 aliphatic carbocycles. The van der Waals surface area contributed by atoms with Crippen molar-refractivity contribution in [3.8, 4) is 5.75 Å². The topological polar surface area (TPSA) is 110 Å². The molecule has 0 bridgehead atoms. The molecule has 0 saturated carbocycles. The quantitative estimate of drug-likeness (QED) is 0.770. The third kappa shape index (κ3) is 2.73. The molecular formula is C11H13BrN4O3S. The number of nitrogen functional groups attached to an aromatic ring is 1. The molecule has 108 valence electrons. The van der Waals surface area contributed by atoms with Gasteiger partial charge in [0.2, 0.25) is 0 Å². The van der Waals surface area contributed by atoms with E-state index in [4.69, 9.17) is 10.5 Å². The van der Waals surface area contributed by atoms with E-state index in [0.29, 0.717) is 17.0 Å². The van der Waals surface area contributed by atoms with Gasteiger partial charge in [0.1, 0.15) is 16.5 Å². The van der Waals surface area contributed by atoms with Crippen molar-refractivity contribution in [2.45, 2.75) is 11.8 Å². The van der Waals surface area contributed by atoms with Crippen LogP contribution in [0.4, 0.5) is 11.5 Å². The minimum atomic E-state index is -3.83. The van der Waals surface area contributed by atoms with Crippen molar-refractivity contribution < 1.29 is 13.2 Å². The average molecular weight is 361 g/mol. The van der Waals surface area contributed by atoms with E-state index < -0.39 is 10.0 Å². The Bertz CT molecular complexity index is 742. The Labute approximate surface area is 124 Å². The summed E-state index contributed by atoms with van der Waals surface area (Å²) in [6, 6.07) is 3.45. The summed E-state index contributed by atoms with van der Waals surface area (Å²) in [6.45, 7) is 1.77. The molecule has 0 amide bonds. The van der Waals surface area contributed by atoms with Crippen LogP contribution in [-0.4, -0.2) is 25.7 Å². The SMILES string of the molecule is COc1cc(Br)cc(C)c1NS(=O)(=O)c1cn[nH]c1N. The maximum Gasteiger partial charge on any atom is 0.267 e. The summed E-state index contributed by atoms with van der Waals surface area (Å²) in [7, 11) is -2.37. The molecule has 9 heteroatoms. The first kappa shape index (κ1) is 14.7. The third-order valence-electron chi connectivity index (χ3n) is 2.64. The van der Waals surface area contributed by atoms with Crippen molar-refractivity contribution >= 4 is 37.5 Å². The number of ether oxygens (including phenoxy) is 1. The van der Waals surface area contributed by atoms with Gasteiger partial charge in [0.05, 0.1) is 19.0 Å². The van der Waals surface area contributed by atoms with Crippen LogP contribution in [0.5, 0.6) is 5.75 Å². The summed E-state index contributed by atoms with van der Waals surface area (Å²) in [4.78, 5) is -0.109. The van der Waals surface area contributed by atoms with Crippen LogP contribution in [0.1, 0.15) is 5.56 Å². The number of halogens is 1. The third-order valence-corrected chi connectivity index (χ3v) is 4.48. The molecule has 0 atom stereocenters. The average Bonchev–Trinajstić information content (AvgIpc) is 2.79. The number of sulfonamides is 1. The smallest absolute Gasteiger partial charge is 0.267 e. The Morgan fingerprint density at radius 2 is 2.15 bits per heavy atom. The van der Waals surface area contributed by atoms with Crippen molar-refractivity contribution in [2.24, 2.45) is 0 Å². The number of hydrogen-bond acceptors (Lipinski definition) is 5. The number of aromatic amines is 1. The number of aryl methyl sites for hydroxylation is 1. The summed E-state index contributed by atoms with van der Waals surface area (Å²) in [5.41, 5.74) is 6.60. The van der Waals surface area contributed by atoms with E-state index in [-0.39, 0.29) is 10.7 Å². The number of methoxy groups -OCH3 is 1. The highest BCUT2D eigenvalue weighted by atomic mass is 79.9. The summed E-state index contributed by atoms with van der Waals surface area (Å²) in [6.07, 6.45) is 1.15. The van der Waals surface area contributed by atoms with Crippen molar-refractivity contribution in [3.63, 3.8) is 0 Å². The van der Waals surface area contributed by atoms with Crippen molar-refractivity contribution in [3.05, 3.63) is 28.4 Å². The molecule has 2 aromatic rings. The van der Waals surface area contributed by atoms with Gasteiger partial charge in [-0.05, 0) is 24.6 Å². The molecule has 2 rings (SSSR count). The maximum absolute atomic E-state index is 12.3. The Hall–Kier alpha value is -1.74. The van der Waals surface area contributed by atoms with Crippen LogP contribution < -0.4 is 15.2 Å². The lowest BCUT2D eigenvalue weighted by atomic mass is 10.2. The number of H-pyrrole nitrogens is 1. The number of aromatic nitrogens is 2. The molecule has 1 aromatic carbocycles. The molecule has 7 nitrogen and oxygen atoms in total. The molecule has 0 aliphatic heterocycles. The first-order valence-corrected chi connectivity index (χ1v) is 7.78. The molecule has 4 N–H and O–H groups in total. The molecule has 1 heterocycles. The largest absolute Gasteiger partial charge is 0.495 e. The fraction of sp³-hybridized carbons (Fsp3) is 0.182. The molecule has 0 radical (unpaired) electrons. The lowest BCUT2D eigenvalue weighted by Gasteiger charge is -2.14. The summed E-state index contributed by atoms with van der Waals surface area (Å²) < 4.78 is 33.0. The summed E-state index contributed by atoms with van der Waals surface area (Å²) in [5.74, 6) is 0.383. The Morgan fingerprint density at radius 3 is 2.70 bits per heavy atom. The maximum atomic E-state index is 12.3. The van der Waals surface area contributed by atoms with Gasteiger partial charge in [-0.2, -0.15) is 5.10 Å². The van der Waals surface area contributed by atoms with Gasteiger partial charge in [-0.25, -0.2) is 8.42 Å². The number of nitrogens with two attached hydrogens (primary N) is 1. The first-order valence-electron chi connectivity index (χ1n) is 5.51. The zero-order valence-electron chi connectivity index (χ0n) is 10.8. The van der Waals surface area contributed by atoms with Crippen LogP contribution in [0, 0.1) is 6.92 Å². The van der Waals surface area contributed by atoms with E-state index in [9.17, 15) is 8.42 Å². The van der Waals surface area contributed by atoms with E-state index in [1.165, 1.54) is 7.11 Å².